The standard InChI is InChI=1S/C40H54N6O6/c1-24(2)30-22-27(37(47)42-14-8-16-45(3)15-7-13-41)11-12-32(30)46-33(36-34(51-4)9-6-10-35(36)52-5)23-31(44-46)38(48)43-40(39(49)50)28-18-25-17-26(20-28)21-29(40)19-25/h6,9-12,22-26,28-29H,7-8,13-21,41H2,1-5H3,(H,42,47)(H,43,48)(H,49,50). The Morgan fingerprint density at radius 3 is 2.17 bits per heavy atom. The molecule has 0 saturated heterocycles. The summed E-state index contributed by atoms with van der Waals surface area (Å²) in [5.74, 6) is 0.212. The van der Waals surface area contributed by atoms with Crippen LogP contribution in [0.5, 0.6) is 11.5 Å². The normalized spacial score (nSPS) is 23.2. The van der Waals surface area contributed by atoms with Gasteiger partial charge in [0, 0.05) is 12.1 Å². The van der Waals surface area contributed by atoms with Gasteiger partial charge in [-0.3, -0.25) is 9.59 Å². The van der Waals surface area contributed by atoms with E-state index in [4.69, 9.17) is 20.3 Å². The maximum atomic E-state index is 14.3. The van der Waals surface area contributed by atoms with Crippen LogP contribution in [0.1, 0.15) is 91.1 Å². The molecular weight excluding hydrogens is 660 g/mol. The van der Waals surface area contributed by atoms with Gasteiger partial charge in [0.15, 0.2) is 5.69 Å². The van der Waals surface area contributed by atoms with Crippen molar-refractivity contribution in [2.75, 3.05) is 47.4 Å². The van der Waals surface area contributed by atoms with Crippen molar-refractivity contribution < 1.29 is 29.0 Å². The fraction of sp³-hybridized carbons (Fsp3) is 0.550. The van der Waals surface area contributed by atoms with E-state index >= 15 is 0 Å². The summed E-state index contributed by atoms with van der Waals surface area (Å²) in [6.07, 6.45) is 6.20. The molecule has 12 nitrogen and oxygen atoms in total. The van der Waals surface area contributed by atoms with Crippen LogP contribution >= 0.6 is 0 Å². The molecule has 5 N–H and O–H groups in total. The number of amides is 2. The lowest BCUT2D eigenvalue weighted by Gasteiger charge is -2.59. The summed E-state index contributed by atoms with van der Waals surface area (Å²) >= 11 is 0. The first-order chi connectivity index (χ1) is 25.0. The summed E-state index contributed by atoms with van der Waals surface area (Å²) in [6, 6.07) is 12.6. The number of aromatic nitrogens is 2. The zero-order valence-corrected chi connectivity index (χ0v) is 31.1. The highest BCUT2D eigenvalue weighted by Gasteiger charge is 2.62. The molecule has 2 aromatic carbocycles. The first-order valence-electron chi connectivity index (χ1n) is 18.7. The number of carboxylic acids is 1. The number of nitrogens with two attached hydrogens (primary N) is 1. The van der Waals surface area contributed by atoms with E-state index in [2.05, 4.69) is 22.6 Å². The van der Waals surface area contributed by atoms with Crippen molar-refractivity contribution in [3.63, 3.8) is 0 Å². The molecule has 0 unspecified atom stereocenters. The molecule has 12 heteroatoms. The summed E-state index contributed by atoms with van der Waals surface area (Å²) in [4.78, 5) is 42.9. The number of aliphatic carboxylic acids is 1. The van der Waals surface area contributed by atoms with Gasteiger partial charge in [-0.1, -0.05) is 19.9 Å². The van der Waals surface area contributed by atoms with Crippen molar-refractivity contribution in [1.29, 1.82) is 0 Å². The Balaban J connectivity index is 1.35. The predicted octanol–water partition coefficient (Wildman–Crippen LogP) is 5.09. The second-order valence-electron chi connectivity index (χ2n) is 15.3. The Morgan fingerprint density at radius 1 is 0.962 bits per heavy atom. The van der Waals surface area contributed by atoms with E-state index in [0.29, 0.717) is 58.9 Å². The minimum atomic E-state index is -1.32. The van der Waals surface area contributed by atoms with Gasteiger partial charge in [0.1, 0.15) is 17.0 Å². The number of hydrogen-bond acceptors (Lipinski definition) is 8. The van der Waals surface area contributed by atoms with Crippen LogP contribution in [0.4, 0.5) is 0 Å². The smallest absolute Gasteiger partial charge is 0.330 e. The van der Waals surface area contributed by atoms with Gasteiger partial charge in [-0.25, -0.2) is 9.48 Å². The van der Waals surface area contributed by atoms with Crippen molar-refractivity contribution in [2.45, 2.75) is 70.3 Å². The summed E-state index contributed by atoms with van der Waals surface area (Å²) < 4.78 is 13.3. The van der Waals surface area contributed by atoms with Crippen LogP contribution in [0.25, 0.3) is 16.9 Å². The quantitative estimate of drug-likeness (QED) is 0.148. The van der Waals surface area contributed by atoms with Crippen LogP contribution in [0.15, 0.2) is 42.5 Å². The third kappa shape index (κ3) is 7.15. The Bertz CT molecular complexity index is 1740. The van der Waals surface area contributed by atoms with Gasteiger partial charge in [-0.05, 0) is 143 Å². The van der Waals surface area contributed by atoms with Gasteiger partial charge in [0.25, 0.3) is 11.8 Å². The van der Waals surface area contributed by atoms with Crippen molar-refractivity contribution >= 4 is 17.8 Å². The number of rotatable bonds is 16. The number of carbonyl (C=O) groups excluding carboxylic acids is 2. The molecule has 4 aliphatic rings. The maximum Gasteiger partial charge on any atom is 0.330 e. The van der Waals surface area contributed by atoms with E-state index in [1.165, 1.54) is 0 Å². The number of nitrogens with zero attached hydrogens (tertiary/aromatic N) is 3. The molecular formula is C40H54N6O6. The lowest BCUT2D eigenvalue weighted by molar-refractivity contribution is -0.163. The van der Waals surface area contributed by atoms with Gasteiger partial charge in [-0.2, -0.15) is 5.10 Å². The van der Waals surface area contributed by atoms with Crippen LogP contribution in [0.2, 0.25) is 0 Å². The fourth-order valence-corrected chi connectivity index (χ4v) is 9.22. The second kappa shape index (κ2) is 15.7. The number of benzene rings is 2. The van der Waals surface area contributed by atoms with Crippen LogP contribution in [0, 0.1) is 23.7 Å². The van der Waals surface area contributed by atoms with Gasteiger partial charge in [-0.15, -0.1) is 0 Å². The van der Waals surface area contributed by atoms with Crippen LogP contribution in [-0.4, -0.2) is 90.6 Å². The zero-order valence-electron chi connectivity index (χ0n) is 31.1. The van der Waals surface area contributed by atoms with Gasteiger partial charge in [0.05, 0.1) is 31.2 Å². The Morgan fingerprint density at radius 2 is 1.60 bits per heavy atom. The van der Waals surface area contributed by atoms with Crippen molar-refractivity contribution in [3.05, 3.63) is 59.3 Å². The van der Waals surface area contributed by atoms with Crippen molar-refractivity contribution in [1.82, 2.24) is 25.3 Å². The summed E-state index contributed by atoms with van der Waals surface area (Å²) in [5, 5.41) is 21.7. The lowest BCUT2D eigenvalue weighted by Crippen LogP contribution is -2.70. The number of methoxy groups -OCH3 is 2. The van der Waals surface area contributed by atoms with E-state index in [9.17, 15) is 19.5 Å². The molecule has 4 saturated carbocycles. The minimum Gasteiger partial charge on any atom is -0.496 e. The third-order valence-corrected chi connectivity index (χ3v) is 11.6. The molecule has 3 aromatic rings. The monoisotopic (exact) mass is 714 g/mol. The highest BCUT2D eigenvalue weighted by molar-refractivity contribution is 5.98. The Hall–Kier alpha value is -4.42. The molecule has 0 spiro atoms. The molecule has 2 amide bonds. The molecule has 280 valence electrons. The third-order valence-electron chi connectivity index (χ3n) is 11.6. The Labute approximate surface area is 306 Å². The van der Waals surface area contributed by atoms with E-state index in [1.807, 2.05) is 44.2 Å². The highest BCUT2D eigenvalue weighted by atomic mass is 16.5. The predicted molar refractivity (Wildman–Crippen MR) is 199 cm³/mol. The van der Waals surface area contributed by atoms with Crippen molar-refractivity contribution in [3.8, 4) is 28.4 Å². The molecule has 1 heterocycles. The van der Waals surface area contributed by atoms with Crippen LogP contribution in [-0.2, 0) is 4.79 Å². The molecule has 0 aliphatic heterocycles. The van der Waals surface area contributed by atoms with E-state index in [1.54, 1.807) is 31.0 Å². The summed E-state index contributed by atoms with van der Waals surface area (Å²) in [5.41, 5.74) is 7.57. The zero-order chi connectivity index (χ0) is 37.2. The fourth-order valence-electron chi connectivity index (χ4n) is 9.22. The molecule has 0 atom stereocenters. The van der Waals surface area contributed by atoms with E-state index in [0.717, 1.165) is 63.6 Å². The molecule has 0 radical (unpaired) electrons. The summed E-state index contributed by atoms with van der Waals surface area (Å²) in [6.45, 7) is 7.06. The van der Waals surface area contributed by atoms with Gasteiger partial charge >= 0.3 is 5.97 Å². The molecule has 4 aliphatic carbocycles. The molecule has 7 rings (SSSR count). The molecule has 1 aromatic heterocycles. The highest BCUT2D eigenvalue weighted by Crippen LogP contribution is 2.58. The SMILES string of the molecule is COc1cccc(OC)c1-c1cc(C(=O)NC2(C(=O)O)C3CC4CC(C3)CC2C4)nn1-c1ccc(C(=O)NCCCN(C)CCCN)cc1C(C)C. The van der Waals surface area contributed by atoms with Crippen LogP contribution in [0.3, 0.4) is 0 Å². The number of ether oxygens (including phenoxy) is 2. The van der Waals surface area contributed by atoms with Crippen LogP contribution < -0.4 is 25.8 Å². The van der Waals surface area contributed by atoms with Gasteiger partial charge < -0.3 is 35.8 Å². The molecule has 52 heavy (non-hydrogen) atoms. The first-order valence-corrected chi connectivity index (χ1v) is 18.7. The average molecular weight is 715 g/mol. The largest absolute Gasteiger partial charge is 0.496 e. The van der Waals surface area contributed by atoms with Gasteiger partial charge in [0.2, 0.25) is 0 Å². The number of carboxylic acid groups (broad SMARTS) is 1. The lowest BCUT2D eigenvalue weighted by atomic mass is 9.48. The number of carbonyl (C=O) groups is 3. The minimum absolute atomic E-state index is 0.0174. The van der Waals surface area contributed by atoms with E-state index < -0.39 is 17.4 Å². The molecule has 4 bridgehead atoms. The van der Waals surface area contributed by atoms with Crippen molar-refractivity contribution in [2.24, 2.45) is 29.4 Å². The Kier molecular flexibility index (Phi) is 11.3. The number of hydrogen-bond donors (Lipinski definition) is 4. The second-order valence-corrected chi connectivity index (χ2v) is 15.3. The topological polar surface area (TPSA) is 161 Å². The number of nitrogens with one attached hydrogen (secondary N) is 2. The summed E-state index contributed by atoms with van der Waals surface area (Å²) in [7, 11) is 5.19. The first kappa shape index (κ1) is 37.3. The molecule has 4 fully saturated rings. The van der Waals surface area contributed by atoms with E-state index in [-0.39, 0.29) is 29.4 Å². The average Bonchev–Trinajstić information content (AvgIpc) is 3.57. The maximum absolute atomic E-state index is 14.3.